The summed E-state index contributed by atoms with van der Waals surface area (Å²) in [4.78, 5) is 12.4. The molecule has 2 rings (SSSR count). The third-order valence-corrected chi connectivity index (χ3v) is 5.46. The quantitative estimate of drug-likeness (QED) is 0.826. The van der Waals surface area contributed by atoms with Crippen molar-refractivity contribution in [1.82, 2.24) is 0 Å². The Hall–Kier alpha value is -2.34. The van der Waals surface area contributed by atoms with Crippen molar-refractivity contribution >= 4 is 27.3 Å². The van der Waals surface area contributed by atoms with Gasteiger partial charge < -0.3 is 5.32 Å². The van der Waals surface area contributed by atoms with Gasteiger partial charge in [0.05, 0.1) is 11.7 Å². The van der Waals surface area contributed by atoms with E-state index in [0.717, 1.165) is 22.4 Å². The lowest BCUT2D eigenvalue weighted by Gasteiger charge is -2.16. The van der Waals surface area contributed by atoms with Crippen molar-refractivity contribution in [2.45, 2.75) is 27.7 Å². The maximum absolute atomic E-state index is 12.4. The summed E-state index contributed by atoms with van der Waals surface area (Å²) in [5, 5.41) is 2.84. The molecule has 0 aliphatic heterocycles. The second-order valence-corrected chi connectivity index (χ2v) is 8.17. The molecule has 0 radical (unpaired) electrons. The van der Waals surface area contributed by atoms with E-state index in [9.17, 15) is 13.2 Å². The zero-order chi connectivity index (χ0) is 18.6. The maximum atomic E-state index is 12.4. The van der Waals surface area contributed by atoms with E-state index in [1.165, 1.54) is 0 Å². The van der Waals surface area contributed by atoms with E-state index < -0.39 is 15.9 Å². The summed E-state index contributed by atoms with van der Waals surface area (Å²) < 4.78 is 27.1. The molecule has 0 aliphatic carbocycles. The molecule has 0 aromatic heterocycles. The highest BCUT2D eigenvalue weighted by Gasteiger charge is 2.22. The Morgan fingerprint density at radius 2 is 1.56 bits per heavy atom. The smallest absolute Gasteiger partial charge is 0.233 e. The van der Waals surface area contributed by atoms with Crippen molar-refractivity contribution < 1.29 is 13.2 Å². The summed E-state index contributed by atoms with van der Waals surface area (Å²) in [6, 6.07) is 12.8. The third-order valence-electron chi connectivity index (χ3n) is 3.97. The van der Waals surface area contributed by atoms with Crippen LogP contribution in [0.5, 0.6) is 0 Å². The normalized spacial score (nSPS) is 12.5. The number of carbonyl (C=O) groups is 1. The van der Waals surface area contributed by atoms with Crippen LogP contribution in [0.15, 0.2) is 42.5 Å². The molecule has 1 amide bonds. The summed E-state index contributed by atoms with van der Waals surface area (Å²) in [5.41, 5.74) is 4.17. The van der Waals surface area contributed by atoms with E-state index in [1.807, 2.05) is 51.1 Å². The van der Waals surface area contributed by atoms with Crippen molar-refractivity contribution in [3.8, 4) is 0 Å². The number of aryl methyl sites for hydroxylation is 3. The monoisotopic (exact) mass is 360 g/mol. The molecule has 134 valence electrons. The fourth-order valence-electron chi connectivity index (χ4n) is 2.51. The van der Waals surface area contributed by atoms with E-state index in [0.29, 0.717) is 5.69 Å². The summed E-state index contributed by atoms with van der Waals surface area (Å²) in [5.74, 6) is -1.27. The van der Waals surface area contributed by atoms with Gasteiger partial charge in [-0.05, 0) is 44.0 Å². The molecule has 1 unspecified atom stereocenters. The highest BCUT2D eigenvalue weighted by molar-refractivity contribution is 7.92. The number of hydrogen-bond acceptors (Lipinski definition) is 3. The Balaban J connectivity index is 2.03. The molecule has 0 heterocycles. The first-order valence-electron chi connectivity index (χ1n) is 8.12. The minimum Gasteiger partial charge on any atom is -0.325 e. The van der Waals surface area contributed by atoms with Gasteiger partial charge in [0.2, 0.25) is 15.9 Å². The van der Waals surface area contributed by atoms with Gasteiger partial charge >= 0.3 is 0 Å². The third kappa shape index (κ3) is 5.32. The van der Waals surface area contributed by atoms with Crippen molar-refractivity contribution in [1.29, 1.82) is 0 Å². The molecular weight excluding hydrogens is 336 g/mol. The Bertz CT molecular complexity index is 838. The molecule has 0 saturated carbocycles. The Morgan fingerprint density at radius 3 is 2.12 bits per heavy atom. The average Bonchev–Trinajstić information content (AvgIpc) is 2.52. The molecule has 5 nitrogen and oxygen atoms in total. The van der Waals surface area contributed by atoms with Crippen LogP contribution < -0.4 is 10.0 Å². The molecule has 6 heteroatoms. The second-order valence-electron chi connectivity index (χ2n) is 6.41. The van der Waals surface area contributed by atoms with Crippen LogP contribution in [0.4, 0.5) is 11.4 Å². The van der Waals surface area contributed by atoms with Crippen molar-refractivity contribution in [3.63, 3.8) is 0 Å². The summed E-state index contributed by atoms with van der Waals surface area (Å²) in [6.07, 6.45) is 0. The minimum atomic E-state index is -3.62. The van der Waals surface area contributed by atoms with E-state index in [-0.39, 0.29) is 11.7 Å². The van der Waals surface area contributed by atoms with Crippen LogP contribution in [-0.4, -0.2) is 20.1 Å². The van der Waals surface area contributed by atoms with E-state index in [4.69, 9.17) is 0 Å². The van der Waals surface area contributed by atoms with Crippen LogP contribution in [-0.2, 0) is 14.8 Å². The fourth-order valence-corrected chi connectivity index (χ4v) is 3.89. The van der Waals surface area contributed by atoms with Crippen LogP contribution in [0.3, 0.4) is 0 Å². The van der Waals surface area contributed by atoms with Crippen molar-refractivity contribution in [2.75, 3.05) is 15.8 Å². The number of para-hydroxylation sites is 1. The van der Waals surface area contributed by atoms with Gasteiger partial charge in [-0.15, -0.1) is 0 Å². The number of hydrogen-bond donors (Lipinski definition) is 2. The first-order valence-corrected chi connectivity index (χ1v) is 9.77. The van der Waals surface area contributed by atoms with Gasteiger partial charge in [-0.25, -0.2) is 8.42 Å². The molecule has 0 aliphatic rings. The van der Waals surface area contributed by atoms with E-state index in [1.54, 1.807) is 19.1 Å². The Morgan fingerprint density at radius 1 is 1.00 bits per heavy atom. The first-order chi connectivity index (χ1) is 11.7. The number of sulfonamides is 1. The Kier molecular flexibility index (Phi) is 5.85. The zero-order valence-electron chi connectivity index (χ0n) is 15.0. The molecule has 1 atom stereocenters. The highest BCUT2D eigenvalue weighted by atomic mass is 32.2. The highest BCUT2D eigenvalue weighted by Crippen LogP contribution is 2.20. The summed E-state index contributed by atoms with van der Waals surface area (Å²) in [6.45, 7) is 7.35. The molecule has 2 N–H and O–H groups in total. The van der Waals surface area contributed by atoms with E-state index in [2.05, 4.69) is 10.0 Å². The predicted octanol–water partition coefficient (Wildman–Crippen LogP) is 3.63. The lowest BCUT2D eigenvalue weighted by molar-refractivity contribution is -0.118. The summed E-state index contributed by atoms with van der Waals surface area (Å²) >= 11 is 0. The predicted molar refractivity (Wildman–Crippen MR) is 102 cm³/mol. The molecule has 0 spiro atoms. The first kappa shape index (κ1) is 19.0. The zero-order valence-corrected chi connectivity index (χ0v) is 15.8. The number of rotatable bonds is 6. The van der Waals surface area contributed by atoms with Crippen molar-refractivity contribution in [2.24, 2.45) is 5.92 Å². The van der Waals surface area contributed by atoms with Crippen LogP contribution >= 0.6 is 0 Å². The van der Waals surface area contributed by atoms with E-state index >= 15 is 0 Å². The maximum Gasteiger partial charge on any atom is 0.233 e. The number of anilines is 2. The standard InChI is InChI=1S/C19H24N2O3S/c1-13-8-10-17(11-9-13)21-25(23,24)12-16(4)19(22)20-18-14(2)6-5-7-15(18)3/h5-11,16,21H,12H2,1-4H3,(H,20,22). The molecule has 2 aromatic rings. The summed E-state index contributed by atoms with van der Waals surface area (Å²) in [7, 11) is -3.62. The van der Waals surface area contributed by atoms with Gasteiger partial charge in [0, 0.05) is 11.4 Å². The topological polar surface area (TPSA) is 75.3 Å². The van der Waals surface area contributed by atoms with Gasteiger partial charge in [-0.2, -0.15) is 0 Å². The van der Waals surface area contributed by atoms with Gasteiger partial charge in [-0.1, -0.05) is 42.8 Å². The molecule has 0 bridgehead atoms. The largest absolute Gasteiger partial charge is 0.325 e. The number of benzene rings is 2. The van der Waals surface area contributed by atoms with Gasteiger partial charge in [0.15, 0.2) is 0 Å². The number of nitrogens with one attached hydrogen (secondary N) is 2. The van der Waals surface area contributed by atoms with Crippen LogP contribution in [0, 0.1) is 26.7 Å². The lowest BCUT2D eigenvalue weighted by atomic mass is 10.1. The molecule has 0 fully saturated rings. The SMILES string of the molecule is Cc1ccc(NS(=O)(=O)CC(C)C(=O)Nc2c(C)cccc2C)cc1. The van der Waals surface area contributed by atoms with Crippen molar-refractivity contribution in [3.05, 3.63) is 59.2 Å². The van der Waals surface area contributed by atoms with Crippen LogP contribution in [0.1, 0.15) is 23.6 Å². The molecule has 2 aromatic carbocycles. The van der Waals surface area contributed by atoms with Gasteiger partial charge in [0.25, 0.3) is 0 Å². The van der Waals surface area contributed by atoms with Gasteiger partial charge in [0.1, 0.15) is 0 Å². The van der Waals surface area contributed by atoms with Crippen LogP contribution in [0.25, 0.3) is 0 Å². The molecule has 25 heavy (non-hydrogen) atoms. The second kappa shape index (κ2) is 7.70. The molecule has 0 saturated heterocycles. The average molecular weight is 360 g/mol. The lowest BCUT2D eigenvalue weighted by Crippen LogP contribution is -2.30. The van der Waals surface area contributed by atoms with Crippen LogP contribution in [0.2, 0.25) is 0 Å². The fraction of sp³-hybridized carbons (Fsp3) is 0.316. The van der Waals surface area contributed by atoms with Gasteiger partial charge in [-0.3, -0.25) is 9.52 Å². The number of amides is 1. The molecular formula is C19H24N2O3S. The minimum absolute atomic E-state index is 0.280. The number of carbonyl (C=O) groups excluding carboxylic acids is 1. The Labute approximate surface area is 149 Å².